The number of nitrogen functional groups attached to an aromatic ring is 1. The van der Waals surface area contributed by atoms with Crippen molar-refractivity contribution in [3.05, 3.63) is 26.8 Å². The Kier molecular flexibility index (Phi) is 1.69. The number of pyridine rings is 1. The third-order valence-electron chi connectivity index (χ3n) is 1.88. The van der Waals surface area contributed by atoms with Gasteiger partial charge in [0.25, 0.3) is 5.56 Å². The number of furan rings is 1. The van der Waals surface area contributed by atoms with Gasteiger partial charge in [0, 0.05) is 6.07 Å². The summed E-state index contributed by atoms with van der Waals surface area (Å²) in [6.45, 7) is 1.76. The molecule has 2 rings (SSSR count). The van der Waals surface area contributed by atoms with Gasteiger partial charge in [-0.1, -0.05) is 0 Å². The maximum Gasteiger partial charge on any atom is 0.272 e. The van der Waals surface area contributed by atoms with E-state index in [2.05, 4.69) is 20.9 Å². The molecule has 5 heteroatoms. The Labute approximate surface area is 81.9 Å². The molecule has 2 heterocycles. The molecule has 0 saturated heterocycles. The van der Waals surface area contributed by atoms with Gasteiger partial charge in [0.15, 0.2) is 10.3 Å². The van der Waals surface area contributed by atoms with E-state index in [1.165, 1.54) is 0 Å². The Morgan fingerprint density at radius 1 is 1.62 bits per heavy atom. The maximum absolute atomic E-state index is 11.2. The standard InChI is InChI=1S/C8H7BrN2O2/c1-3-7-4(2-5(9)13-7)6(10)8(12)11-3/h2H,10H2,1H3,(H,11,12). The molecule has 0 aromatic carbocycles. The van der Waals surface area contributed by atoms with Crippen LogP contribution in [-0.2, 0) is 0 Å². The molecule has 3 N–H and O–H groups in total. The first-order valence-electron chi connectivity index (χ1n) is 3.67. The van der Waals surface area contributed by atoms with Crippen LogP contribution >= 0.6 is 15.9 Å². The highest BCUT2D eigenvalue weighted by molar-refractivity contribution is 9.10. The van der Waals surface area contributed by atoms with Crippen molar-refractivity contribution in [2.75, 3.05) is 5.73 Å². The van der Waals surface area contributed by atoms with Crippen LogP contribution in [0.2, 0.25) is 0 Å². The van der Waals surface area contributed by atoms with E-state index in [9.17, 15) is 4.79 Å². The lowest BCUT2D eigenvalue weighted by molar-refractivity contribution is 0.583. The van der Waals surface area contributed by atoms with Crippen LogP contribution in [0.3, 0.4) is 0 Å². The largest absolute Gasteiger partial charge is 0.447 e. The van der Waals surface area contributed by atoms with Crippen molar-refractivity contribution in [1.82, 2.24) is 4.98 Å². The molecule has 0 spiro atoms. The Morgan fingerprint density at radius 3 is 3.00 bits per heavy atom. The van der Waals surface area contributed by atoms with Crippen molar-refractivity contribution in [1.29, 1.82) is 0 Å². The van der Waals surface area contributed by atoms with Crippen molar-refractivity contribution in [3.63, 3.8) is 0 Å². The first-order valence-corrected chi connectivity index (χ1v) is 4.46. The highest BCUT2D eigenvalue weighted by Crippen LogP contribution is 2.26. The number of rotatable bonds is 0. The number of nitrogens with two attached hydrogens (primary N) is 1. The fourth-order valence-corrected chi connectivity index (χ4v) is 1.65. The molecule has 2 aromatic rings. The van der Waals surface area contributed by atoms with Crippen molar-refractivity contribution >= 4 is 32.6 Å². The number of hydrogen-bond donors (Lipinski definition) is 2. The van der Waals surface area contributed by atoms with Crippen LogP contribution in [0.25, 0.3) is 11.0 Å². The van der Waals surface area contributed by atoms with E-state index in [-0.39, 0.29) is 11.2 Å². The molecule has 68 valence electrons. The fraction of sp³-hybridized carbons (Fsp3) is 0.125. The van der Waals surface area contributed by atoms with Crippen molar-refractivity contribution < 1.29 is 4.42 Å². The van der Waals surface area contributed by atoms with Crippen LogP contribution in [0.1, 0.15) is 5.69 Å². The number of aromatic nitrogens is 1. The summed E-state index contributed by atoms with van der Waals surface area (Å²) in [5, 5.41) is 0.646. The van der Waals surface area contributed by atoms with Gasteiger partial charge in [-0.15, -0.1) is 0 Å². The summed E-state index contributed by atoms with van der Waals surface area (Å²) in [6.07, 6.45) is 0. The molecule has 2 aromatic heterocycles. The quantitative estimate of drug-likeness (QED) is 0.740. The number of nitrogens with one attached hydrogen (secondary N) is 1. The second kappa shape index (κ2) is 2.63. The zero-order valence-corrected chi connectivity index (χ0v) is 8.44. The third kappa shape index (κ3) is 1.16. The van der Waals surface area contributed by atoms with Crippen molar-refractivity contribution in [3.8, 4) is 0 Å². The summed E-state index contributed by atoms with van der Waals surface area (Å²) in [6, 6.07) is 1.69. The average Bonchev–Trinajstić information content (AvgIpc) is 2.44. The normalized spacial score (nSPS) is 10.9. The van der Waals surface area contributed by atoms with Crippen LogP contribution < -0.4 is 11.3 Å². The minimum atomic E-state index is -0.279. The smallest absolute Gasteiger partial charge is 0.272 e. The summed E-state index contributed by atoms with van der Waals surface area (Å²) < 4.78 is 5.87. The number of halogens is 1. The van der Waals surface area contributed by atoms with Gasteiger partial charge in [-0.05, 0) is 22.9 Å². The zero-order chi connectivity index (χ0) is 9.59. The molecule has 0 aliphatic rings. The monoisotopic (exact) mass is 242 g/mol. The molecule has 0 fully saturated rings. The van der Waals surface area contributed by atoms with Crippen LogP contribution in [0, 0.1) is 6.92 Å². The molecular weight excluding hydrogens is 236 g/mol. The van der Waals surface area contributed by atoms with Gasteiger partial charge in [0.05, 0.1) is 11.1 Å². The maximum atomic E-state index is 11.2. The molecule has 0 amide bonds. The number of aryl methyl sites for hydroxylation is 1. The molecule has 0 bridgehead atoms. The number of fused-ring (bicyclic) bond motifs is 1. The van der Waals surface area contributed by atoms with E-state index in [1.807, 2.05) is 0 Å². The van der Waals surface area contributed by atoms with Crippen LogP contribution in [0.4, 0.5) is 5.69 Å². The van der Waals surface area contributed by atoms with Crippen molar-refractivity contribution in [2.45, 2.75) is 6.92 Å². The Bertz CT molecular complexity index is 527. The molecule has 0 saturated carbocycles. The SMILES string of the molecule is Cc1[nH]c(=O)c(N)c2cc(Br)oc12. The van der Waals surface area contributed by atoms with E-state index < -0.39 is 0 Å². The summed E-state index contributed by atoms with van der Waals surface area (Å²) >= 11 is 3.18. The number of aromatic amines is 1. The van der Waals surface area contributed by atoms with Gasteiger partial charge >= 0.3 is 0 Å². The van der Waals surface area contributed by atoms with E-state index in [1.54, 1.807) is 13.0 Å². The molecular formula is C8H7BrN2O2. The van der Waals surface area contributed by atoms with Crippen molar-refractivity contribution in [2.24, 2.45) is 0 Å². The predicted molar refractivity (Wildman–Crippen MR) is 53.7 cm³/mol. The first-order chi connectivity index (χ1) is 6.09. The molecule has 0 radical (unpaired) electrons. The molecule has 4 nitrogen and oxygen atoms in total. The highest BCUT2D eigenvalue weighted by Gasteiger charge is 2.10. The van der Waals surface area contributed by atoms with Gasteiger partial charge in [-0.25, -0.2) is 0 Å². The van der Waals surface area contributed by atoms with E-state index in [4.69, 9.17) is 10.2 Å². The van der Waals surface area contributed by atoms with Gasteiger partial charge < -0.3 is 15.1 Å². The third-order valence-corrected chi connectivity index (χ3v) is 2.27. The van der Waals surface area contributed by atoms with E-state index in [0.717, 1.165) is 0 Å². The minimum Gasteiger partial charge on any atom is -0.447 e. The second-order valence-corrected chi connectivity index (χ2v) is 3.57. The lowest BCUT2D eigenvalue weighted by Crippen LogP contribution is -2.12. The topological polar surface area (TPSA) is 72.0 Å². The molecule has 13 heavy (non-hydrogen) atoms. The molecule has 0 unspecified atom stereocenters. The van der Waals surface area contributed by atoms with Gasteiger partial charge in [-0.2, -0.15) is 0 Å². The number of anilines is 1. The van der Waals surface area contributed by atoms with Crippen LogP contribution in [-0.4, -0.2) is 4.98 Å². The van der Waals surface area contributed by atoms with Gasteiger partial charge in [0.1, 0.15) is 5.69 Å². The van der Waals surface area contributed by atoms with Crippen LogP contribution in [0.5, 0.6) is 0 Å². The number of hydrogen-bond acceptors (Lipinski definition) is 3. The highest BCUT2D eigenvalue weighted by atomic mass is 79.9. The van der Waals surface area contributed by atoms with Crippen LogP contribution in [0.15, 0.2) is 19.9 Å². The second-order valence-electron chi connectivity index (χ2n) is 2.79. The first kappa shape index (κ1) is 8.37. The summed E-state index contributed by atoms with van der Waals surface area (Å²) in [4.78, 5) is 13.8. The lowest BCUT2D eigenvalue weighted by atomic mass is 10.2. The Morgan fingerprint density at radius 2 is 2.31 bits per heavy atom. The summed E-state index contributed by atoms with van der Waals surface area (Å²) in [5.41, 5.74) is 6.78. The van der Waals surface area contributed by atoms with Gasteiger partial charge in [0.2, 0.25) is 0 Å². The Balaban J connectivity index is 3.04. The molecule has 0 aliphatic heterocycles. The summed E-state index contributed by atoms with van der Waals surface area (Å²) in [5.74, 6) is 0. The van der Waals surface area contributed by atoms with E-state index in [0.29, 0.717) is 21.3 Å². The van der Waals surface area contributed by atoms with E-state index >= 15 is 0 Å². The fourth-order valence-electron chi connectivity index (χ4n) is 1.26. The predicted octanol–water partition coefficient (Wildman–Crippen LogP) is 1.77. The summed E-state index contributed by atoms with van der Waals surface area (Å²) in [7, 11) is 0. The molecule has 0 aliphatic carbocycles. The molecule has 0 atom stereocenters. The zero-order valence-electron chi connectivity index (χ0n) is 6.85. The average molecular weight is 243 g/mol. The Hall–Kier alpha value is -1.23. The number of H-pyrrole nitrogens is 1. The van der Waals surface area contributed by atoms with Gasteiger partial charge in [-0.3, -0.25) is 4.79 Å². The minimum absolute atomic E-state index is 0.190. The lowest BCUT2D eigenvalue weighted by Gasteiger charge is -1.96.